The molecule has 3 heteroatoms. The number of nitrogens with two attached hydrogens (primary N) is 1. The number of para-hydroxylation sites is 1. The van der Waals surface area contributed by atoms with Crippen LogP contribution in [0.5, 0.6) is 5.75 Å². The molecule has 0 spiro atoms. The van der Waals surface area contributed by atoms with Gasteiger partial charge in [0.25, 0.3) is 0 Å². The van der Waals surface area contributed by atoms with Gasteiger partial charge in [-0.2, -0.15) is 0 Å². The molecule has 16 heavy (non-hydrogen) atoms. The molecule has 0 amide bonds. The maximum atomic E-state index is 10.3. The summed E-state index contributed by atoms with van der Waals surface area (Å²) in [4.78, 5) is 0. The van der Waals surface area contributed by atoms with Gasteiger partial charge in [0, 0.05) is 5.56 Å². The van der Waals surface area contributed by atoms with Gasteiger partial charge in [0.05, 0.1) is 11.7 Å². The summed E-state index contributed by atoms with van der Waals surface area (Å²) in [7, 11) is 0. The van der Waals surface area contributed by atoms with Crippen LogP contribution in [-0.2, 0) is 5.60 Å². The molecule has 0 heterocycles. The van der Waals surface area contributed by atoms with E-state index in [4.69, 9.17) is 10.5 Å². The lowest BCUT2D eigenvalue weighted by Gasteiger charge is -2.26. The van der Waals surface area contributed by atoms with Crippen LogP contribution in [0.4, 0.5) is 0 Å². The van der Waals surface area contributed by atoms with Crippen LogP contribution in [0.2, 0.25) is 0 Å². The second-order valence-electron chi connectivity index (χ2n) is 4.48. The van der Waals surface area contributed by atoms with E-state index in [1.54, 1.807) is 6.92 Å². The molecule has 0 saturated carbocycles. The van der Waals surface area contributed by atoms with Crippen molar-refractivity contribution in [2.24, 2.45) is 5.73 Å². The predicted octanol–water partition coefficient (Wildman–Crippen LogP) is 2.03. The molecule has 1 unspecified atom stereocenters. The van der Waals surface area contributed by atoms with Crippen molar-refractivity contribution in [1.82, 2.24) is 0 Å². The van der Waals surface area contributed by atoms with E-state index in [1.807, 2.05) is 38.1 Å². The molecule has 1 aromatic carbocycles. The summed E-state index contributed by atoms with van der Waals surface area (Å²) < 4.78 is 5.68. The highest BCUT2D eigenvalue weighted by Gasteiger charge is 2.25. The van der Waals surface area contributed by atoms with E-state index in [9.17, 15) is 5.11 Å². The highest BCUT2D eigenvalue weighted by atomic mass is 16.5. The standard InChI is InChI=1S/C13H21NO2/c1-10(2)16-12-7-5-4-6-11(12)13(3,15)8-9-14/h4-7,10,15H,8-9,14H2,1-3H3. The zero-order chi connectivity index (χ0) is 12.2. The van der Waals surface area contributed by atoms with Gasteiger partial charge < -0.3 is 15.6 Å². The smallest absolute Gasteiger partial charge is 0.125 e. The minimum atomic E-state index is -0.930. The highest BCUT2D eigenvalue weighted by Crippen LogP contribution is 2.32. The first kappa shape index (κ1) is 13.0. The van der Waals surface area contributed by atoms with Crippen LogP contribution < -0.4 is 10.5 Å². The minimum absolute atomic E-state index is 0.0924. The molecule has 0 bridgehead atoms. The molecule has 0 saturated heterocycles. The van der Waals surface area contributed by atoms with Crippen molar-refractivity contribution >= 4 is 0 Å². The van der Waals surface area contributed by atoms with E-state index in [0.29, 0.717) is 13.0 Å². The number of hydrogen-bond donors (Lipinski definition) is 2. The summed E-state index contributed by atoms with van der Waals surface area (Å²) in [6.45, 7) is 6.15. The molecule has 0 radical (unpaired) electrons. The molecule has 3 nitrogen and oxygen atoms in total. The van der Waals surface area contributed by atoms with Gasteiger partial charge in [0.2, 0.25) is 0 Å². The largest absolute Gasteiger partial charge is 0.491 e. The number of rotatable bonds is 5. The third-order valence-corrected chi connectivity index (χ3v) is 2.46. The lowest BCUT2D eigenvalue weighted by molar-refractivity contribution is 0.0460. The van der Waals surface area contributed by atoms with E-state index >= 15 is 0 Å². The Hall–Kier alpha value is -1.06. The van der Waals surface area contributed by atoms with Crippen LogP contribution in [0.1, 0.15) is 32.8 Å². The average molecular weight is 223 g/mol. The van der Waals surface area contributed by atoms with Crippen molar-refractivity contribution in [2.45, 2.75) is 38.9 Å². The van der Waals surface area contributed by atoms with E-state index < -0.39 is 5.60 Å². The van der Waals surface area contributed by atoms with Crippen molar-refractivity contribution in [1.29, 1.82) is 0 Å². The lowest BCUT2D eigenvalue weighted by atomic mass is 9.92. The predicted molar refractivity (Wildman–Crippen MR) is 65.4 cm³/mol. The van der Waals surface area contributed by atoms with Gasteiger partial charge in [-0.3, -0.25) is 0 Å². The molecular formula is C13H21NO2. The number of ether oxygens (including phenoxy) is 1. The van der Waals surface area contributed by atoms with Crippen LogP contribution in [0.25, 0.3) is 0 Å². The van der Waals surface area contributed by atoms with Gasteiger partial charge in [-0.1, -0.05) is 18.2 Å². The monoisotopic (exact) mass is 223 g/mol. The fourth-order valence-electron chi connectivity index (χ4n) is 1.68. The molecule has 0 aliphatic heterocycles. The molecule has 0 fully saturated rings. The Bertz CT molecular complexity index is 334. The van der Waals surface area contributed by atoms with Gasteiger partial charge in [-0.25, -0.2) is 0 Å². The van der Waals surface area contributed by atoms with Crippen molar-refractivity contribution in [2.75, 3.05) is 6.54 Å². The molecule has 1 rings (SSSR count). The van der Waals surface area contributed by atoms with Crippen molar-refractivity contribution in [3.63, 3.8) is 0 Å². The summed E-state index contributed by atoms with van der Waals surface area (Å²) in [6, 6.07) is 7.56. The molecule has 3 N–H and O–H groups in total. The van der Waals surface area contributed by atoms with Gasteiger partial charge in [0.15, 0.2) is 0 Å². The Kier molecular flexibility index (Phi) is 4.33. The van der Waals surface area contributed by atoms with Crippen molar-refractivity contribution < 1.29 is 9.84 Å². The van der Waals surface area contributed by atoms with Crippen LogP contribution in [0.3, 0.4) is 0 Å². The molecular weight excluding hydrogens is 202 g/mol. The average Bonchev–Trinajstić information content (AvgIpc) is 2.17. The topological polar surface area (TPSA) is 55.5 Å². The van der Waals surface area contributed by atoms with Crippen molar-refractivity contribution in [3.05, 3.63) is 29.8 Å². The quantitative estimate of drug-likeness (QED) is 0.803. The first-order valence-corrected chi connectivity index (χ1v) is 5.66. The Morgan fingerprint density at radius 1 is 1.38 bits per heavy atom. The summed E-state index contributed by atoms with van der Waals surface area (Å²) in [5, 5.41) is 10.3. The lowest BCUT2D eigenvalue weighted by Crippen LogP contribution is -2.26. The van der Waals surface area contributed by atoms with Crippen molar-refractivity contribution in [3.8, 4) is 5.75 Å². The van der Waals surface area contributed by atoms with Gasteiger partial charge >= 0.3 is 0 Å². The zero-order valence-electron chi connectivity index (χ0n) is 10.2. The van der Waals surface area contributed by atoms with Gasteiger partial charge in [0.1, 0.15) is 5.75 Å². The molecule has 0 aliphatic carbocycles. The molecule has 0 aromatic heterocycles. The second kappa shape index (κ2) is 5.32. The fourth-order valence-corrected chi connectivity index (χ4v) is 1.68. The van der Waals surface area contributed by atoms with Gasteiger partial charge in [-0.15, -0.1) is 0 Å². The third-order valence-electron chi connectivity index (χ3n) is 2.46. The fraction of sp³-hybridized carbons (Fsp3) is 0.538. The first-order valence-electron chi connectivity index (χ1n) is 5.66. The first-order chi connectivity index (χ1) is 7.47. The van der Waals surface area contributed by atoms with E-state index in [0.717, 1.165) is 11.3 Å². The summed E-state index contributed by atoms with van der Waals surface area (Å²) in [6.07, 6.45) is 0.612. The highest BCUT2D eigenvalue weighted by molar-refractivity contribution is 5.37. The zero-order valence-corrected chi connectivity index (χ0v) is 10.2. The minimum Gasteiger partial charge on any atom is -0.491 e. The van der Waals surface area contributed by atoms with E-state index in [1.165, 1.54) is 0 Å². The molecule has 0 aliphatic rings. The maximum Gasteiger partial charge on any atom is 0.125 e. The summed E-state index contributed by atoms with van der Waals surface area (Å²) >= 11 is 0. The van der Waals surface area contributed by atoms with Crippen LogP contribution in [0.15, 0.2) is 24.3 Å². The molecule has 1 atom stereocenters. The van der Waals surface area contributed by atoms with Crippen LogP contribution in [-0.4, -0.2) is 17.8 Å². The molecule has 90 valence electrons. The Labute approximate surface area is 97.2 Å². The second-order valence-corrected chi connectivity index (χ2v) is 4.48. The normalized spacial score (nSPS) is 14.9. The summed E-state index contributed by atoms with van der Waals surface area (Å²) in [5.74, 6) is 0.732. The van der Waals surface area contributed by atoms with Crippen LogP contribution in [0, 0.1) is 0 Å². The molecule has 1 aromatic rings. The number of hydrogen-bond acceptors (Lipinski definition) is 3. The Morgan fingerprint density at radius 3 is 2.56 bits per heavy atom. The summed E-state index contributed by atoms with van der Waals surface area (Å²) in [5.41, 5.74) is 5.37. The third kappa shape index (κ3) is 3.22. The SMILES string of the molecule is CC(C)Oc1ccccc1C(C)(O)CCN. The maximum absolute atomic E-state index is 10.3. The van der Waals surface area contributed by atoms with Crippen LogP contribution >= 0.6 is 0 Å². The Morgan fingerprint density at radius 2 is 2.00 bits per heavy atom. The van der Waals surface area contributed by atoms with E-state index in [-0.39, 0.29) is 6.10 Å². The number of aliphatic hydroxyl groups is 1. The number of benzene rings is 1. The van der Waals surface area contributed by atoms with E-state index in [2.05, 4.69) is 0 Å². The van der Waals surface area contributed by atoms with Gasteiger partial charge in [-0.05, 0) is 39.8 Å². The Balaban J connectivity index is 3.02.